The van der Waals surface area contributed by atoms with Gasteiger partial charge in [0.25, 0.3) is 0 Å². The molecule has 0 radical (unpaired) electrons. The minimum absolute atomic E-state index is 0.655. The predicted octanol–water partition coefficient (Wildman–Crippen LogP) is 32.1. The molecule has 0 atom stereocenters. The molecule has 0 fully saturated rings. The van der Waals surface area contributed by atoms with Crippen LogP contribution in [0.1, 0.15) is 0 Å². The molecule has 3 aromatic heterocycles. The molecule has 0 bridgehead atoms. The fourth-order valence-electron chi connectivity index (χ4n) is 19.4. The number of aromatic nitrogens is 3. The van der Waals surface area contributed by atoms with Crippen LogP contribution in [-0.2, 0) is 4.57 Å². The van der Waals surface area contributed by atoms with Crippen molar-refractivity contribution in [3.8, 4) is 67.2 Å². The Balaban J connectivity index is 0.000000112. The Morgan fingerprint density at radius 3 is 0.742 bits per heavy atom. The van der Waals surface area contributed by atoms with E-state index in [1.165, 1.54) is 97.0 Å². The lowest BCUT2D eigenvalue weighted by Gasteiger charge is -2.20. The largest absolute Gasteiger partial charge is 0.309 e. The molecule has 0 N–H and O–H groups in total. The number of pyridine rings is 3. The van der Waals surface area contributed by atoms with E-state index in [0.717, 1.165) is 137 Å². The third-order valence-electron chi connectivity index (χ3n) is 25.6. The molecule has 0 spiro atoms. The predicted molar refractivity (Wildman–Crippen MR) is 542 cm³/mol. The normalized spacial score (nSPS) is 11.6. The van der Waals surface area contributed by atoms with Gasteiger partial charge >= 0.3 is 0 Å². The third kappa shape index (κ3) is 13.1. The van der Waals surface area contributed by atoms with Gasteiger partial charge in [0.05, 0.1) is 46.8 Å². The third-order valence-corrected chi connectivity index (χ3v) is 28.6. The van der Waals surface area contributed by atoms with E-state index >= 15 is 0 Å². The van der Waals surface area contributed by atoms with Crippen LogP contribution in [0.15, 0.2) is 449 Å². The van der Waals surface area contributed by atoms with Crippen LogP contribution >= 0.6 is 7.14 Å². The van der Waals surface area contributed by atoms with Crippen molar-refractivity contribution in [1.82, 2.24) is 15.0 Å². The lowest BCUT2D eigenvalue weighted by atomic mass is 9.92. The molecule has 0 aliphatic heterocycles. The molecule has 0 saturated heterocycles. The Morgan fingerprint density at radius 2 is 0.406 bits per heavy atom. The molecule has 6 nitrogen and oxygen atoms in total. The molecule has 0 amide bonds. The summed E-state index contributed by atoms with van der Waals surface area (Å²) in [5, 5.41) is 32.3. The maximum absolute atomic E-state index is 15.0. The van der Waals surface area contributed by atoms with Gasteiger partial charge in [-0.25, -0.2) is 24.6 Å². The monoisotopic (exact) mass is 1640 g/mol. The number of rotatable bonds is 9. The van der Waals surface area contributed by atoms with E-state index in [-0.39, 0.29) is 0 Å². The van der Waals surface area contributed by atoms with Gasteiger partial charge in [-0.2, -0.15) is 0 Å². The molecule has 0 saturated carbocycles. The highest BCUT2D eigenvalue weighted by molar-refractivity contribution is 7.85. The minimum Gasteiger partial charge on any atom is -0.309 e. The number of fused-ring (bicyclic) bond motifs is 26. The smallest absolute Gasteiger partial charge is 0.187 e. The lowest BCUT2D eigenvalue weighted by molar-refractivity contribution is 0.592. The average molecular weight is 1640 g/mol. The molecule has 0 unspecified atom stereocenters. The summed E-state index contributed by atoms with van der Waals surface area (Å²) in [5.74, 6) is 0. The molecular weight excluding hydrogens is 1570 g/mol. The van der Waals surface area contributed by atoms with Crippen molar-refractivity contribution >= 4 is 186 Å². The second-order valence-corrected chi connectivity index (χ2v) is 35.5. The van der Waals surface area contributed by atoms with Gasteiger partial charge < -0.3 is 4.57 Å². The Kier molecular flexibility index (Phi) is 18.9. The second-order valence-electron chi connectivity index (χ2n) is 32.7. The highest BCUT2D eigenvalue weighted by Crippen LogP contribution is 2.48. The molecular formula is C121H74N5OP. The standard InChI is InChI=1S/C49H32NOP.C38H22N2.C34H20N2/c51-52(38-13-3-1-4-14-38,39-15-5-2-6-16-39)40-30-29-36-31-35(27-28-37(36)32-40)33-23-25-34(26-24-33)48-46-22-12-10-20-44(46)47-43-19-9-7-17-41(43)42-18-8-11-21-45(42)49(47)50-48;1-39-29-21-20-27-22-26(18-19-28(27)23-29)24-14-16-25(17-15-24)37-35-13-7-5-11-33(35)36-32-10-4-2-8-30(32)31-9-3-6-12-34(31)38(36)40-37;1-35-25-20-18-23(19-21-25)22-14-16-24(17-15-22)33-31-13-7-5-11-29(31)32-28-10-4-2-8-26(28)27-9-3-6-12-30(27)34(32)36-33/h1-32H;2-23H;2-21H. The Labute approximate surface area is 738 Å². The summed E-state index contributed by atoms with van der Waals surface area (Å²) in [6, 6.07) is 156. The van der Waals surface area contributed by atoms with Crippen LogP contribution in [0, 0.1) is 13.1 Å². The SMILES string of the molecule is O=P(c1ccccc1)(c1ccccc1)c1ccc2cc(-c3ccc(-c4nc5c6ccccc6c6ccccc6c5c5ccccc45)cc3)ccc2c1.[C-]#[N+]c1ccc(-c2ccc(-c3nc4c5ccccc5c5ccccc5c4c4ccccc34)cc2)cc1.[C-]#[N+]c1ccc2cc(-c3ccc(-c4nc5c6ccccc6c6ccccc6c5c5ccccc45)cc3)ccc2c1. The van der Waals surface area contributed by atoms with E-state index in [1.807, 2.05) is 109 Å². The minimum atomic E-state index is -3.05. The Morgan fingerprint density at radius 1 is 0.180 bits per heavy atom. The van der Waals surface area contributed by atoms with E-state index < -0.39 is 7.14 Å². The van der Waals surface area contributed by atoms with E-state index in [4.69, 9.17) is 28.1 Å². The summed E-state index contributed by atoms with van der Waals surface area (Å²) in [7, 11) is -3.05. The molecule has 128 heavy (non-hydrogen) atoms. The van der Waals surface area contributed by atoms with Crippen molar-refractivity contribution in [2.45, 2.75) is 0 Å². The van der Waals surface area contributed by atoms with Crippen LogP contribution < -0.4 is 15.9 Å². The number of hydrogen-bond donors (Lipinski definition) is 0. The van der Waals surface area contributed by atoms with Crippen molar-refractivity contribution in [2.75, 3.05) is 0 Å². The van der Waals surface area contributed by atoms with Gasteiger partial charge in [0.2, 0.25) is 0 Å². The lowest BCUT2D eigenvalue weighted by Crippen LogP contribution is -2.24. The van der Waals surface area contributed by atoms with Crippen LogP contribution in [0.5, 0.6) is 0 Å². The zero-order valence-corrected chi connectivity index (χ0v) is 70.2. The first-order valence-corrected chi connectivity index (χ1v) is 44.8. The number of hydrogen-bond acceptors (Lipinski definition) is 4. The Hall–Kier alpha value is -16.9. The molecule has 25 rings (SSSR count). The van der Waals surface area contributed by atoms with Gasteiger partial charge in [-0.15, -0.1) is 0 Å². The van der Waals surface area contributed by atoms with Gasteiger partial charge in [0.15, 0.2) is 18.5 Å². The molecule has 3 heterocycles. The van der Waals surface area contributed by atoms with Crippen LogP contribution in [0.3, 0.4) is 0 Å². The number of nitrogens with zero attached hydrogens (tertiary/aromatic N) is 5. The van der Waals surface area contributed by atoms with Gasteiger partial charge in [-0.3, -0.25) is 0 Å². The topological polar surface area (TPSA) is 64.5 Å². The Bertz CT molecular complexity index is 8930. The van der Waals surface area contributed by atoms with Crippen molar-refractivity contribution in [3.05, 3.63) is 472 Å². The fourth-order valence-corrected chi connectivity index (χ4v) is 22.1. The summed E-state index contributed by atoms with van der Waals surface area (Å²) >= 11 is 0. The zero-order valence-electron chi connectivity index (χ0n) is 69.3. The summed E-state index contributed by atoms with van der Waals surface area (Å²) in [4.78, 5) is 23.2. The maximum Gasteiger partial charge on any atom is 0.187 e. The van der Waals surface area contributed by atoms with Crippen molar-refractivity contribution in [2.24, 2.45) is 0 Å². The zero-order chi connectivity index (χ0) is 85.3. The van der Waals surface area contributed by atoms with Crippen LogP contribution in [0.25, 0.3) is 228 Å². The molecule has 22 aromatic carbocycles. The summed E-state index contributed by atoms with van der Waals surface area (Å²) in [5.41, 5.74) is 17.5. The van der Waals surface area contributed by atoms with Gasteiger partial charge in [0, 0.05) is 81.1 Å². The number of benzene rings is 22. The van der Waals surface area contributed by atoms with E-state index in [1.54, 1.807) is 0 Å². The summed E-state index contributed by atoms with van der Waals surface area (Å²) in [6.45, 7) is 14.5. The average Bonchev–Trinajstić information content (AvgIpc) is 0.724. The first-order valence-electron chi connectivity index (χ1n) is 43.1. The van der Waals surface area contributed by atoms with E-state index in [2.05, 4.69) is 349 Å². The molecule has 0 aliphatic carbocycles. The van der Waals surface area contributed by atoms with Crippen molar-refractivity contribution < 1.29 is 4.57 Å². The van der Waals surface area contributed by atoms with Gasteiger partial charge in [-0.05, 0) is 144 Å². The van der Waals surface area contributed by atoms with Crippen LogP contribution in [0.4, 0.5) is 11.4 Å². The van der Waals surface area contributed by atoms with Crippen molar-refractivity contribution in [1.29, 1.82) is 0 Å². The van der Waals surface area contributed by atoms with E-state index in [0.29, 0.717) is 11.4 Å². The van der Waals surface area contributed by atoms with E-state index in [9.17, 15) is 4.57 Å². The molecule has 0 aliphatic rings. The van der Waals surface area contributed by atoms with Crippen LogP contribution in [-0.4, -0.2) is 15.0 Å². The first-order chi connectivity index (χ1) is 63.3. The highest BCUT2D eigenvalue weighted by Gasteiger charge is 2.30. The summed E-state index contributed by atoms with van der Waals surface area (Å²) < 4.78 is 15.0. The quantitative estimate of drug-likeness (QED) is 0.0821. The summed E-state index contributed by atoms with van der Waals surface area (Å²) in [6.07, 6.45) is 0. The van der Waals surface area contributed by atoms with Gasteiger partial charge in [0.1, 0.15) is 0 Å². The molecule has 7 heteroatoms. The van der Waals surface area contributed by atoms with Gasteiger partial charge in [-0.1, -0.05) is 425 Å². The molecule has 25 aromatic rings. The molecule has 594 valence electrons. The highest BCUT2D eigenvalue weighted by atomic mass is 31.2. The fraction of sp³-hybridized carbons (Fsp3) is 0. The first kappa shape index (κ1) is 76.1. The maximum atomic E-state index is 15.0. The second kappa shape index (κ2) is 31.8. The van der Waals surface area contributed by atoms with Crippen molar-refractivity contribution in [3.63, 3.8) is 0 Å². The van der Waals surface area contributed by atoms with Crippen LogP contribution in [0.2, 0.25) is 0 Å².